The van der Waals surface area contributed by atoms with Crippen molar-refractivity contribution < 1.29 is 14.5 Å². The van der Waals surface area contributed by atoms with E-state index in [2.05, 4.69) is 5.10 Å². The van der Waals surface area contributed by atoms with Crippen LogP contribution in [0.25, 0.3) is 10.8 Å². The maximum Gasteiger partial charge on any atom is 0.340 e. The number of nitro benzene ring substituents is 1. The Morgan fingerprint density at radius 3 is 2.42 bits per heavy atom. The van der Waals surface area contributed by atoms with Crippen LogP contribution in [0.1, 0.15) is 15.9 Å². The molecule has 1 aromatic heterocycles. The molecule has 26 heavy (non-hydrogen) atoms. The minimum atomic E-state index is -0.583. The van der Waals surface area contributed by atoms with Gasteiger partial charge in [-0.3, -0.25) is 14.9 Å². The molecule has 0 unspecified atom stereocenters. The fraction of sp³-hybridized carbons (Fsp3) is 0.0556. The third kappa shape index (κ3) is 3.20. The monoisotopic (exact) mass is 351 g/mol. The Balaban J connectivity index is 2.07. The largest absolute Gasteiger partial charge is 0.465 e. The first kappa shape index (κ1) is 17.0. The van der Waals surface area contributed by atoms with Crippen LogP contribution in [0.5, 0.6) is 0 Å². The summed E-state index contributed by atoms with van der Waals surface area (Å²) in [6.45, 7) is 0. The van der Waals surface area contributed by atoms with Gasteiger partial charge in [-0.2, -0.15) is 5.10 Å². The minimum Gasteiger partial charge on any atom is -0.465 e. The number of rotatable bonds is 4. The van der Waals surface area contributed by atoms with Gasteiger partial charge in [-0.05, 0) is 23.8 Å². The van der Waals surface area contributed by atoms with Crippen molar-refractivity contribution in [3.63, 3.8) is 0 Å². The summed E-state index contributed by atoms with van der Waals surface area (Å²) < 4.78 is 5.81. The number of benzene rings is 2. The molecule has 1 heterocycles. The molecule has 130 valence electrons. The summed E-state index contributed by atoms with van der Waals surface area (Å²) in [6.07, 6.45) is 2.68. The first-order valence-corrected chi connectivity index (χ1v) is 7.53. The molecule has 0 spiro atoms. The zero-order valence-corrected chi connectivity index (χ0v) is 13.7. The number of methoxy groups -OCH3 is 1. The van der Waals surface area contributed by atoms with Crippen LogP contribution in [0.4, 0.5) is 5.69 Å². The number of nitro groups is 1. The Morgan fingerprint density at radius 1 is 1.15 bits per heavy atom. The number of hydrogen-bond acceptors (Lipinski definition) is 6. The number of carbonyl (C=O) groups is 1. The van der Waals surface area contributed by atoms with Crippen LogP contribution in [0.2, 0.25) is 0 Å². The Hall–Kier alpha value is -3.81. The second kappa shape index (κ2) is 6.98. The molecule has 0 atom stereocenters. The van der Waals surface area contributed by atoms with Crippen molar-refractivity contribution in [1.82, 2.24) is 4.68 Å². The van der Waals surface area contributed by atoms with E-state index in [4.69, 9.17) is 4.74 Å². The number of carbonyl (C=O) groups excluding carboxylic acids is 1. The summed E-state index contributed by atoms with van der Waals surface area (Å²) in [5.74, 6) is -0.583. The molecule has 0 fully saturated rings. The highest BCUT2D eigenvalue weighted by Gasteiger charge is 2.14. The molecule has 2 aromatic carbocycles. The SMILES string of the molecule is COC(=O)c1cn(/N=C/c2ccc([N+](=O)[O-])cc2)c(=O)c2ccccc12. The maximum atomic E-state index is 12.6. The van der Waals surface area contributed by atoms with Crippen molar-refractivity contribution in [2.45, 2.75) is 0 Å². The van der Waals surface area contributed by atoms with Gasteiger partial charge in [-0.25, -0.2) is 9.47 Å². The van der Waals surface area contributed by atoms with Gasteiger partial charge in [-0.15, -0.1) is 0 Å². The summed E-state index contributed by atoms with van der Waals surface area (Å²) in [5.41, 5.74) is 0.336. The van der Waals surface area contributed by atoms with Gasteiger partial charge in [0, 0.05) is 29.1 Å². The minimum absolute atomic E-state index is 0.0435. The molecular formula is C18H13N3O5. The molecule has 8 heteroatoms. The summed E-state index contributed by atoms with van der Waals surface area (Å²) in [4.78, 5) is 34.7. The maximum absolute atomic E-state index is 12.6. The predicted octanol–water partition coefficient (Wildman–Crippen LogP) is 2.58. The molecule has 0 aliphatic rings. The van der Waals surface area contributed by atoms with Gasteiger partial charge < -0.3 is 4.74 Å². The van der Waals surface area contributed by atoms with Gasteiger partial charge in [0.2, 0.25) is 0 Å². The van der Waals surface area contributed by atoms with E-state index in [1.54, 1.807) is 24.3 Å². The highest BCUT2D eigenvalue weighted by Crippen LogP contribution is 2.16. The lowest BCUT2D eigenvalue weighted by atomic mass is 10.1. The fourth-order valence-electron chi connectivity index (χ4n) is 2.45. The van der Waals surface area contributed by atoms with Crippen molar-refractivity contribution >= 4 is 28.6 Å². The van der Waals surface area contributed by atoms with Crippen LogP contribution < -0.4 is 5.56 Å². The standard InChI is InChI=1S/C18H13N3O5/c1-26-18(23)16-11-20(17(22)15-5-3-2-4-14(15)16)19-10-12-6-8-13(9-7-12)21(24)25/h2-11H,1H3/b19-10+. The van der Waals surface area contributed by atoms with E-state index < -0.39 is 16.5 Å². The van der Waals surface area contributed by atoms with Gasteiger partial charge in [0.1, 0.15) is 0 Å². The van der Waals surface area contributed by atoms with Crippen LogP contribution >= 0.6 is 0 Å². The van der Waals surface area contributed by atoms with E-state index in [0.29, 0.717) is 16.3 Å². The van der Waals surface area contributed by atoms with Crippen molar-refractivity contribution in [3.05, 3.63) is 86.3 Å². The molecule has 3 aromatic rings. The van der Waals surface area contributed by atoms with Gasteiger partial charge in [0.25, 0.3) is 11.2 Å². The highest BCUT2D eigenvalue weighted by molar-refractivity contribution is 6.03. The first-order chi connectivity index (χ1) is 12.5. The normalized spacial score (nSPS) is 11.0. The summed E-state index contributed by atoms with van der Waals surface area (Å²) in [7, 11) is 1.26. The second-order valence-electron chi connectivity index (χ2n) is 5.32. The van der Waals surface area contributed by atoms with Crippen molar-refractivity contribution in [2.24, 2.45) is 5.10 Å². The third-order valence-electron chi connectivity index (χ3n) is 3.75. The number of nitrogens with zero attached hydrogens (tertiary/aromatic N) is 3. The summed E-state index contributed by atoms with van der Waals surface area (Å²) in [5, 5.41) is 15.6. The van der Waals surface area contributed by atoms with Crippen LogP contribution in [-0.2, 0) is 4.74 Å². The number of hydrogen-bond donors (Lipinski definition) is 0. The lowest BCUT2D eigenvalue weighted by Crippen LogP contribution is -2.19. The number of fused-ring (bicyclic) bond motifs is 1. The van der Waals surface area contributed by atoms with Crippen LogP contribution in [0, 0.1) is 10.1 Å². The van der Waals surface area contributed by atoms with Gasteiger partial charge in [-0.1, -0.05) is 18.2 Å². The smallest absolute Gasteiger partial charge is 0.340 e. The first-order valence-electron chi connectivity index (χ1n) is 7.53. The van der Waals surface area contributed by atoms with Crippen molar-refractivity contribution in [1.29, 1.82) is 0 Å². The third-order valence-corrected chi connectivity index (χ3v) is 3.75. The van der Waals surface area contributed by atoms with Gasteiger partial charge in [0.05, 0.1) is 23.8 Å². The van der Waals surface area contributed by atoms with E-state index in [1.807, 2.05) is 0 Å². The lowest BCUT2D eigenvalue weighted by molar-refractivity contribution is -0.384. The Labute approximate surface area is 147 Å². The summed E-state index contributed by atoms with van der Waals surface area (Å²) >= 11 is 0. The molecule has 0 N–H and O–H groups in total. The molecule has 0 saturated carbocycles. The molecule has 0 aliphatic carbocycles. The van der Waals surface area contributed by atoms with E-state index >= 15 is 0 Å². The molecule has 0 radical (unpaired) electrons. The van der Waals surface area contributed by atoms with E-state index in [0.717, 1.165) is 4.68 Å². The van der Waals surface area contributed by atoms with E-state index in [1.165, 1.54) is 43.8 Å². The Kier molecular flexibility index (Phi) is 4.57. The van der Waals surface area contributed by atoms with Crippen molar-refractivity contribution in [2.75, 3.05) is 7.11 Å². The summed E-state index contributed by atoms with van der Waals surface area (Å²) in [6, 6.07) is 12.4. The Morgan fingerprint density at radius 2 is 1.81 bits per heavy atom. The molecule has 0 aliphatic heterocycles. The molecule has 0 saturated heterocycles. The zero-order chi connectivity index (χ0) is 18.7. The molecule has 0 bridgehead atoms. The fourth-order valence-corrected chi connectivity index (χ4v) is 2.45. The zero-order valence-electron chi connectivity index (χ0n) is 13.7. The average Bonchev–Trinajstić information content (AvgIpc) is 2.67. The quantitative estimate of drug-likeness (QED) is 0.311. The van der Waals surface area contributed by atoms with Crippen LogP contribution in [0.3, 0.4) is 0 Å². The molecule has 8 nitrogen and oxygen atoms in total. The van der Waals surface area contributed by atoms with E-state index in [9.17, 15) is 19.7 Å². The van der Waals surface area contributed by atoms with Crippen LogP contribution in [-0.4, -0.2) is 28.9 Å². The number of non-ortho nitro benzene ring substituents is 1. The second-order valence-corrected chi connectivity index (χ2v) is 5.32. The molecule has 3 rings (SSSR count). The van der Waals surface area contributed by atoms with Crippen LogP contribution in [0.15, 0.2) is 64.6 Å². The molecular weight excluding hydrogens is 338 g/mol. The number of pyridine rings is 1. The lowest BCUT2D eigenvalue weighted by Gasteiger charge is -2.07. The molecule has 0 amide bonds. The van der Waals surface area contributed by atoms with E-state index in [-0.39, 0.29) is 11.3 Å². The predicted molar refractivity (Wildman–Crippen MR) is 95.6 cm³/mol. The highest BCUT2D eigenvalue weighted by atomic mass is 16.6. The number of esters is 1. The topological polar surface area (TPSA) is 104 Å². The Bertz CT molecular complexity index is 1080. The van der Waals surface area contributed by atoms with Crippen molar-refractivity contribution in [3.8, 4) is 0 Å². The average molecular weight is 351 g/mol. The number of ether oxygens (including phenoxy) is 1. The number of aromatic nitrogens is 1. The van der Waals surface area contributed by atoms with Gasteiger partial charge >= 0.3 is 5.97 Å². The van der Waals surface area contributed by atoms with Gasteiger partial charge in [0.15, 0.2) is 0 Å².